The van der Waals surface area contributed by atoms with E-state index in [2.05, 4.69) is 5.32 Å². The normalized spacial score (nSPS) is 16.8. The molecule has 8 heteroatoms. The monoisotopic (exact) mass is 374 g/mol. The minimum absolute atomic E-state index is 0.147. The van der Waals surface area contributed by atoms with Crippen molar-refractivity contribution in [2.45, 2.75) is 25.7 Å². The summed E-state index contributed by atoms with van der Waals surface area (Å²) in [5.74, 6) is -0.112. The number of hydrogen-bond acceptors (Lipinski definition) is 4. The molecule has 1 fully saturated rings. The Bertz CT molecular complexity index is 679. The fourth-order valence-electron chi connectivity index (χ4n) is 2.59. The van der Waals surface area contributed by atoms with Gasteiger partial charge in [0.25, 0.3) is 5.91 Å². The highest BCUT2D eigenvalue weighted by molar-refractivity contribution is 7.92. The first kappa shape index (κ1) is 19.0. The minimum atomic E-state index is -3.29. The third-order valence-corrected chi connectivity index (χ3v) is 6.08. The van der Waals surface area contributed by atoms with E-state index in [0.717, 1.165) is 19.3 Å². The molecule has 0 aromatic heterocycles. The van der Waals surface area contributed by atoms with Crippen LogP contribution >= 0.6 is 11.6 Å². The summed E-state index contributed by atoms with van der Waals surface area (Å²) >= 11 is 6.20. The number of benzene rings is 1. The molecule has 1 amide bonds. The average Bonchev–Trinajstić information content (AvgIpc) is 2.54. The highest BCUT2D eigenvalue weighted by atomic mass is 35.5. The highest BCUT2D eigenvalue weighted by Crippen LogP contribution is 2.28. The van der Waals surface area contributed by atoms with Gasteiger partial charge in [-0.25, -0.2) is 8.42 Å². The molecule has 0 atom stereocenters. The molecule has 134 valence electrons. The number of methoxy groups -OCH3 is 1. The third-order valence-electron chi connectivity index (χ3n) is 3.90. The fraction of sp³-hybridized carbons (Fsp3) is 0.562. The van der Waals surface area contributed by atoms with Crippen molar-refractivity contribution in [3.63, 3.8) is 0 Å². The number of carbonyl (C=O) groups excluding carboxylic acids is 1. The topological polar surface area (TPSA) is 75.7 Å². The van der Waals surface area contributed by atoms with E-state index < -0.39 is 10.0 Å². The van der Waals surface area contributed by atoms with Crippen LogP contribution in [0.2, 0.25) is 5.02 Å². The highest BCUT2D eigenvalue weighted by Gasteiger charge is 2.26. The molecular weight excluding hydrogens is 352 g/mol. The summed E-state index contributed by atoms with van der Waals surface area (Å²) in [5, 5.41) is 3.06. The van der Waals surface area contributed by atoms with Gasteiger partial charge in [-0.3, -0.25) is 9.10 Å². The van der Waals surface area contributed by atoms with Crippen molar-refractivity contribution in [1.29, 1.82) is 0 Å². The second-order valence-corrected chi connectivity index (χ2v) is 8.14. The maximum atomic E-state index is 12.2. The summed E-state index contributed by atoms with van der Waals surface area (Å²) in [5.41, 5.74) is 0.859. The lowest BCUT2D eigenvalue weighted by Gasteiger charge is -2.28. The van der Waals surface area contributed by atoms with Crippen LogP contribution in [-0.4, -0.2) is 46.9 Å². The molecule has 6 nitrogen and oxygen atoms in total. The molecule has 0 aliphatic carbocycles. The minimum Gasteiger partial charge on any atom is -0.385 e. The lowest BCUT2D eigenvalue weighted by molar-refractivity contribution is 0.0951. The van der Waals surface area contributed by atoms with E-state index in [1.807, 2.05) is 0 Å². The van der Waals surface area contributed by atoms with Crippen LogP contribution in [0.5, 0.6) is 0 Å². The lowest BCUT2D eigenvalue weighted by atomic mass is 10.2. The first-order chi connectivity index (χ1) is 11.5. The SMILES string of the molecule is COCCCCNC(=O)c1ccc(N2CCCCS2(=O)=O)cc1Cl. The fourth-order valence-corrected chi connectivity index (χ4v) is 4.48. The Morgan fingerprint density at radius 2 is 2.12 bits per heavy atom. The van der Waals surface area contributed by atoms with E-state index >= 15 is 0 Å². The van der Waals surface area contributed by atoms with Gasteiger partial charge in [0.15, 0.2) is 0 Å². The molecule has 1 saturated heterocycles. The van der Waals surface area contributed by atoms with Gasteiger partial charge in [-0.1, -0.05) is 11.6 Å². The Kier molecular flexibility index (Phi) is 6.89. The van der Waals surface area contributed by atoms with E-state index in [4.69, 9.17) is 16.3 Å². The number of ether oxygens (including phenoxy) is 1. The Morgan fingerprint density at radius 3 is 2.79 bits per heavy atom. The number of halogens is 1. The van der Waals surface area contributed by atoms with Crippen LogP contribution < -0.4 is 9.62 Å². The lowest BCUT2D eigenvalue weighted by Crippen LogP contribution is -2.37. The molecule has 0 bridgehead atoms. The van der Waals surface area contributed by atoms with Gasteiger partial charge in [0.05, 0.1) is 22.0 Å². The van der Waals surface area contributed by atoms with Gasteiger partial charge in [0.2, 0.25) is 10.0 Å². The number of hydrogen-bond donors (Lipinski definition) is 1. The Hall–Kier alpha value is -1.31. The summed E-state index contributed by atoms with van der Waals surface area (Å²) in [4.78, 5) is 12.2. The number of unbranched alkanes of at least 4 members (excludes halogenated alkanes) is 1. The largest absolute Gasteiger partial charge is 0.385 e. The van der Waals surface area contributed by atoms with E-state index in [1.165, 1.54) is 4.31 Å². The molecule has 2 rings (SSSR count). The van der Waals surface area contributed by atoms with Crippen LogP contribution in [0.1, 0.15) is 36.0 Å². The van der Waals surface area contributed by atoms with Crippen LogP contribution in [0.4, 0.5) is 5.69 Å². The van der Waals surface area contributed by atoms with Gasteiger partial charge >= 0.3 is 0 Å². The van der Waals surface area contributed by atoms with Crippen molar-refractivity contribution in [3.05, 3.63) is 28.8 Å². The number of sulfonamides is 1. The average molecular weight is 375 g/mol. The van der Waals surface area contributed by atoms with Gasteiger partial charge in [-0.05, 0) is 43.9 Å². The van der Waals surface area contributed by atoms with Crippen molar-refractivity contribution in [3.8, 4) is 0 Å². The predicted molar refractivity (Wildman–Crippen MR) is 95.3 cm³/mol. The van der Waals surface area contributed by atoms with Crippen molar-refractivity contribution < 1.29 is 17.9 Å². The smallest absolute Gasteiger partial charge is 0.252 e. The zero-order valence-electron chi connectivity index (χ0n) is 13.8. The first-order valence-corrected chi connectivity index (χ1v) is 10.0. The number of anilines is 1. The summed E-state index contributed by atoms with van der Waals surface area (Å²) in [6, 6.07) is 4.76. The third kappa shape index (κ3) is 4.84. The molecule has 1 heterocycles. The molecule has 0 saturated carbocycles. The van der Waals surface area contributed by atoms with Crippen LogP contribution in [0.15, 0.2) is 18.2 Å². The van der Waals surface area contributed by atoms with E-state index in [0.29, 0.717) is 37.4 Å². The zero-order chi connectivity index (χ0) is 17.6. The van der Waals surface area contributed by atoms with Crippen LogP contribution in [0.3, 0.4) is 0 Å². The number of nitrogens with one attached hydrogen (secondary N) is 1. The summed E-state index contributed by atoms with van der Waals surface area (Å²) < 4.78 is 30.6. The van der Waals surface area contributed by atoms with Crippen molar-refractivity contribution in [2.75, 3.05) is 36.9 Å². The second-order valence-electron chi connectivity index (χ2n) is 5.72. The summed E-state index contributed by atoms with van der Waals surface area (Å²) in [7, 11) is -1.65. The van der Waals surface area contributed by atoms with Crippen LogP contribution in [0, 0.1) is 0 Å². The summed E-state index contributed by atoms with van der Waals surface area (Å²) in [6.07, 6.45) is 3.19. The maximum Gasteiger partial charge on any atom is 0.252 e. The molecule has 0 spiro atoms. The summed E-state index contributed by atoms with van der Waals surface area (Å²) in [6.45, 7) is 1.65. The molecule has 1 aliphatic heterocycles. The van der Waals surface area contributed by atoms with Crippen LogP contribution in [0.25, 0.3) is 0 Å². The van der Waals surface area contributed by atoms with E-state index in [1.54, 1.807) is 25.3 Å². The molecule has 1 aromatic carbocycles. The van der Waals surface area contributed by atoms with Gasteiger partial charge in [-0.2, -0.15) is 0 Å². The van der Waals surface area contributed by atoms with Gasteiger partial charge in [-0.15, -0.1) is 0 Å². The Labute approximate surface area is 148 Å². The number of carbonyl (C=O) groups is 1. The van der Waals surface area contributed by atoms with E-state index in [9.17, 15) is 13.2 Å². The van der Waals surface area contributed by atoms with Crippen molar-refractivity contribution in [1.82, 2.24) is 5.32 Å². The van der Waals surface area contributed by atoms with Crippen molar-refractivity contribution >= 4 is 33.2 Å². The van der Waals surface area contributed by atoms with Crippen LogP contribution in [-0.2, 0) is 14.8 Å². The molecule has 1 N–H and O–H groups in total. The predicted octanol–water partition coefficient (Wildman–Crippen LogP) is 2.43. The van der Waals surface area contributed by atoms with Gasteiger partial charge < -0.3 is 10.1 Å². The standard InChI is InChI=1S/C16H23ClN2O4S/c1-23-10-4-2-8-18-16(20)14-7-6-13(12-15(14)17)19-9-3-5-11-24(19,21)22/h6-7,12H,2-5,8-11H2,1H3,(H,18,20). The van der Waals surface area contributed by atoms with Gasteiger partial charge in [0.1, 0.15) is 0 Å². The number of nitrogens with zero attached hydrogens (tertiary/aromatic N) is 1. The molecule has 0 radical (unpaired) electrons. The maximum absolute atomic E-state index is 12.2. The molecular formula is C16H23ClN2O4S. The molecule has 24 heavy (non-hydrogen) atoms. The van der Waals surface area contributed by atoms with E-state index in [-0.39, 0.29) is 16.7 Å². The zero-order valence-corrected chi connectivity index (χ0v) is 15.3. The first-order valence-electron chi connectivity index (χ1n) is 8.03. The molecule has 1 aliphatic rings. The number of amides is 1. The second kappa shape index (κ2) is 8.69. The quantitative estimate of drug-likeness (QED) is 0.744. The Balaban J connectivity index is 2.02. The molecule has 0 unspecified atom stereocenters. The molecule has 1 aromatic rings. The Morgan fingerprint density at radius 1 is 1.33 bits per heavy atom. The van der Waals surface area contributed by atoms with Crippen molar-refractivity contribution in [2.24, 2.45) is 0 Å². The number of rotatable bonds is 7. The van der Waals surface area contributed by atoms with Gasteiger partial charge in [0, 0.05) is 26.8 Å².